The predicted molar refractivity (Wildman–Crippen MR) is 49.1 cm³/mol. The first kappa shape index (κ1) is 11.2. The number of likely N-dealkylation sites (N-methyl/N-ethyl adjacent to an activating group) is 1. The molecule has 0 bridgehead atoms. The van der Waals surface area contributed by atoms with Gasteiger partial charge in [-0.05, 0) is 7.05 Å². The van der Waals surface area contributed by atoms with Crippen LogP contribution in [0, 0.1) is 0 Å². The number of aliphatic hydroxyl groups excluding tert-OH is 1. The third-order valence-electron chi connectivity index (χ3n) is 1.38. The van der Waals surface area contributed by atoms with Crippen molar-refractivity contribution >= 4 is 11.8 Å². The van der Waals surface area contributed by atoms with Crippen LogP contribution in [0.25, 0.3) is 0 Å². The number of aliphatic hydroxyl groups is 1. The van der Waals surface area contributed by atoms with Gasteiger partial charge in [-0.1, -0.05) is 0 Å². The van der Waals surface area contributed by atoms with E-state index < -0.39 is 0 Å². The second-order valence-corrected chi connectivity index (χ2v) is 3.39. The fraction of sp³-hybridized carbons (Fsp3) is 1.00. The molecule has 0 saturated carbocycles. The van der Waals surface area contributed by atoms with E-state index >= 15 is 0 Å². The summed E-state index contributed by atoms with van der Waals surface area (Å²) in [6.45, 7) is 0.989. The molecule has 2 N–H and O–H groups in total. The highest BCUT2D eigenvalue weighted by molar-refractivity contribution is 7.99. The molecule has 0 saturated heterocycles. The lowest BCUT2D eigenvalue weighted by Gasteiger charge is -2.11. The van der Waals surface area contributed by atoms with Crippen molar-refractivity contribution in [3.8, 4) is 0 Å². The topological polar surface area (TPSA) is 41.5 Å². The van der Waals surface area contributed by atoms with Gasteiger partial charge in [0.15, 0.2) is 0 Å². The molecule has 0 rings (SSSR count). The lowest BCUT2D eigenvalue weighted by Crippen LogP contribution is -2.31. The van der Waals surface area contributed by atoms with Gasteiger partial charge >= 0.3 is 0 Å². The van der Waals surface area contributed by atoms with Crippen molar-refractivity contribution in [1.29, 1.82) is 0 Å². The van der Waals surface area contributed by atoms with Gasteiger partial charge in [-0.15, -0.1) is 0 Å². The van der Waals surface area contributed by atoms with E-state index in [4.69, 9.17) is 9.84 Å². The quantitative estimate of drug-likeness (QED) is 0.538. The summed E-state index contributed by atoms with van der Waals surface area (Å²) in [6.07, 6.45) is 0. The van der Waals surface area contributed by atoms with Crippen LogP contribution in [0.3, 0.4) is 0 Å². The number of nitrogens with one attached hydrogen (secondary N) is 1. The second-order valence-electron chi connectivity index (χ2n) is 2.24. The zero-order valence-corrected chi connectivity index (χ0v) is 7.99. The first-order valence-electron chi connectivity index (χ1n) is 3.70. The lowest BCUT2D eigenvalue weighted by molar-refractivity contribution is 0.218. The molecule has 1 unspecified atom stereocenters. The third kappa shape index (κ3) is 6.62. The Labute approximate surface area is 72.5 Å². The molecule has 3 nitrogen and oxygen atoms in total. The standard InChI is InChI=1S/C7H17NO2S/c1-8-7(5-9)6-11-4-3-10-2/h7-9H,3-6H2,1-2H3. The Hall–Kier alpha value is 0.230. The van der Waals surface area contributed by atoms with Crippen molar-refractivity contribution < 1.29 is 9.84 Å². The maximum atomic E-state index is 8.78. The van der Waals surface area contributed by atoms with E-state index in [1.807, 2.05) is 7.05 Å². The van der Waals surface area contributed by atoms with Crippen molar-refractivity contribution in [2.75, 3.05) is 38.9 Å². The smallest absolute Gasteiger partial charge is 0.0592 e. The van der Waals surface area contributed by atoms with Crippen molar-refractivity contribution in [2.45, 2.75) is 6.04 Å². The van der Waals surface area contributed by atoms with Crippen LogP contribution in [0.2, 0.25) is 0 Å². The number of thioether (sulfide) groups is 1. The van der Waals surface area contributed by atoms with Crippen molar-refractivity contribution in [2.24, 2.45) is 0 Å². The molecule has 4 heteroatoms. The van der Waals surface area contributed by atoms with Gasteiger partial charge in [0, 0.05) is 24.7 Å². The van der Waals surface area contributed by atoms with E-state index in [1.165, 1.54) is 0 Å². The first-order valence-corrected chi connectivity index (χ1v) is 4.85. The Kier molecular flexibility index (Phi) is 8.50. The number of methoxy groups -OCH3 is 1. The summed E-state index contributed by atoms with van der Waals surface area (Å²) < 4.78 is 4.89. The van der Waals surface area contributed by atoms with Crippen LogP contribution >= 0.6 is 11.8 Å². The fourth-order valence-corrected chi connectivity index (χ4v) is 1.60. The molecule has 0 aromatic heterocycles. The van der Waals surface area contributed by atoms with Gasteiger partial charge in [-0.3, -0.25) is 0 Å². The average Bonchev–Trinajstić information content (AvgIpc) is 2.05. The SMILES string of the molecule is CNC(CO)CSCCOC. The van der Waals surface area contributed by atoms with Gasteiger partial charge in [0.25, 0.3) is 0 Å². The van der Waals surface area contributed by atoms with E-state index in [1.54, 1.807) is 18.9 Å². The lowest BCUT2D eigenvalue weighted by atomic mass is 10.4. The fourth-order valence-electron chi connectivity index (χ4n) is 0.595. The van der Waals surface area contributed by atoms with E-state index in [0.717, 1.165) is 18.1 Å². The molecule has 0 aliphatic rings. The summed E-state index contributed by atoms with van der Waals surface area (Å²) in [6, 6.07) is 0.219. The molecular weight excluding hydrogens is 162 g/mol. The van der Waals surface area contributed by atoms with Crippen LogP contribution < -0.4 is 5.32 Å². The molecule has 0 fully saturated rings. The predicted octanol–water partition coefficient (Wildman–Crippen LogP) is -0.0537. The van der Waals surface area contributed by atoms with E-state index in [2.05, 4.69) is 5.32 Å². The Bertz CT molecular complexity index is 78.8. The summed E-state index contributed by atoms with van der Waals surface area (Å²) in [5.74, 6) is 1.94. The third-order valence-corrected chi connectivity index (χ3v) is 2.47. The molecule has 0 radical (unpaired) electrons. The summed E-state index contributed by atoms with van der Waals surface area (Å²) in [4.78, 5) is 0. The van der Waals surface area contributed by atoms with Crippen molar-refractivity contribution in [3.63, 3.8) is 0 Å². The minimum Gasteiger partial charge on any atom is -0.395 e. The van der Waals surface area contributed by atoms with Crippen LogP contribution in [0.4, 0.5) is 0 Å². The molecule has 0 aliphatic carbocycles. The van der Waals surface area contributed by atoms with Gasteiger partial charge in [0.05, 0.1) is 13.2 Å². The van der Waals surface area contributed by atoms with Gasteiger partial charge < -0.3 is 15.2 Å². The Morgan fingerprint density at radius 2 is 2.36 bits per heavy atom. The Morgan fingerprint density at radius 3 is 2.82 bits per heavy atom. The molecule has 0 aromatic rings. The number of ether oxygens (including phenoxy) is 1. The maximum Gasteiger partial charge on any atom is 0.0592 e. The molecule has 0 spiro atoms. The van der Waals surface area contributed by atoms with Crippen LogP contribution in [-0.4, -0.2) is 50.0 Å². The van der Waals surface area contributed by atoms with Crippen LogP contribution in [-0.2, 0) is 4.74 Å². The van der Waals surface area contributed by atoms with Crippen molar-refractivity contribution in [1.82, 2.24) is 5.32 Å². The van der Waals surface area contributed by atoms with E-state index in [9.17, 15) is 0 Å². The van der Waals surface area contributed by atoms with Crippen LogP contribution in [0.1, 0.15) is 0 Å². The Balaban J connectivity index is 3.07. The van der Waals surface area contributed by atoms with E-state index in [-0.39, 0.29) is 12.6 Å². The maximum absolute atomic E-state index is 8.78. The zero-order valence-electron chi connectivity index (χ0n) is 7.17. The van der Waals surface area contributed by atoms with Crippen LogP contribution in [0.15, 0.2) is 0 Å². The zero-order chi connectivity index (χ0) is 8.53. The highest BCUT2D eigenvalue weighted by Gasteiger charge is 2.02. The largest absolute Gasteiger partial charge is 0.395 e. The van der Waals surface area contributed by atoms with Crippen molar-refractivity contribution in [3.05, 3.63) is 0 Å². The summed E-state index contributed by atoms with van der Waals surface area (Å²) in [5.41, 5.74) is 0. The molecule has 1 atom stereocenters. The summed E-state index contributed by atoms with van der Waals surface area (Å²) in [7, 11) is 3.56. The molecule has 0 aromatic carbocycles. The van der Waals surface area contributed by atoms with E-state index in [0.29, 0.717) is 0 Å². The number of rotatable bonds is 7. The highest BCUT2D eigenvalue weighted by Crippen LogP contribution is 2.01. The number of hydrogen-bond donors (Lipinski definition) is 2. The molecule has 0 aliphatic heterocycles. The van der Waals surface area contributed by atoms with Gasteiger partial charge in [-0.2, -0.15) is 11.8 Å². The Morgan fingerprint density at radius 1 is 1.64 bits per heavy atom. The highest BCUT2D eigenvalue weighted by atomic mass is 32.2. The second kappa shape index (κ2) is 8.33. The summed E-state index contributed by atoms with van der Waals surface area (Å²) >= 11 is 1.79. The molecular formula is C7H17NO2S. The summed E-state index contributed by atoms with van der Waals surface area (Å²) in [5, 5.41) is 11.8. The van der Waals surface area contributed by atoms with Gasteiger partial charge in [-0.25, -0.2) is 0 Å². The normalized spacial score (nSPS) is 13.4. The molecule has 0 heterocycles. The van der Waals surface area contributed by atoms with Gasteiger partial charge in [0.2, 0.25) is 0 Å². The van der Waals surface area contributed by atoms with Crippen LogP contribution in [0.5, 0.6) is 0 Å². The van der Waals surface area contributed by atoms with Gasteiger partial charge in [0.1, 0.15) is 0 Å². The minimum absolute atomic E-state index is 0.205. The number of hydrogen-bond acceptors (Lipinski definition) is 4. The molecule has 68 valence electrons. The first-order chi connectivity index (χ1) is 5.35. The molecule has 0 amide bonds. The monoisotopic (exact) mass is 179 g/mol. The molecule has 11 heavy (non-hydrogen) atoms. The average molecular weight is 179 g/mol. The minimum atomic E-state index is 0.205.